The first-order valence-corrected chi connectivity index (χ1v) is 10.2. The SMILES string of the molecule is N#Cc1cc(N2C(=O)OC(c3ccc(Br)cc3)CC2c2ccccc2)ccc1Cl. The van der Waals surface area contributed by atoms with E-state index in [0.717, 1.165) is 15.6 Å². The van der Waals surface area contributed by atoms with Gasteiger partial charge in [-0.3, -0.25) is 4.90 Å². The average Bonchev–Trinajstić information content (AvgIpc) is 2.75. The van der Waals surface area contributed by atoms with Crippen LogP contribution in [0.2, 0.25) is 5.02 Å². The van der Waals surface area contributed by atoms with E-state index in [9.17, 15) is 10.1 Å². The zero-order valence-corrected chi connectivity index (χ0v) is 17.6. The molecular weight excluding hydrogens is 452 g/mol. The highest BCUT2D eigenvalue weighted by Gasteiger charge is 2.38. The molecule has 0 bridgehead atoms. The molecule has 0 N–H and O–H groups in total. The molecule has 29 heavy (non-hydrogen) atoms. The molecule has 1 aliphatic heterocycles. The fourth-order valence-corrected chi connectivity index (χ4v) is 3.96. The molecule has 6 heteroatoms. The van der Waals surface area contributed by atoms with Crippen LogP contribution >= 0.6 is 27.5 Å². The van der Waals surface area contributed by atoms with E-state index >= 15 is 0 Å². The number of benzene rings is 3. The smallest absolute Gasteiger partial charge is 0.415 e. The summed E-state index contributed by atoms with van der Waals surface area (Å²) < 4.78 is 6.76. The number of amides is 1. The molecule has 0 radical (unpaired) electrons. The van der Waals surface area contributed by atoms with Gasteiger partial charge in [-0.25, -0.2) is 4.79 Å². The summed E-state index contributed by atoms with van der Waals surface area (Å²) in [6, 6.07) is 24.4. The maximum absolute atomic E-state index is 13.1. The number of carbonyl (C=O) groups excluding carboxylic acids is 1. The van der Waals surface area contributed by atoms with Gasteiger partial charge in [-0.05, 0) is 41.5 Å². The molecule has 0 saturated carbocycles. The molecule has 1 aliphatic rings. The Hall–Kier alpha value is -2.81. The molecule has 2 unspecified atom stereocenters. The lowest BCUT2D eigenvalue weighted by Gasteiger charge is -2.39. The van der Waals surface area contributed by atoms with Crippen molar-refractivity contribution in [2.24, 2.45) is 0 Å². The molecular formula is C23H16BrClN2O2. The minimum atomic E-state index is -0.454. The van der Waals surface area contributed by atoms with Crippen molar-refractivity contribution in [2.45, 2.75) is 18.6 Å². The minimum absolute atomic E-state index is 0.237. The van der Waals surface area contributed by atoms with E-state index in [1.807, 2.05) is 54.6 Å². The van der Waals surface area contributed by atoms with Gasteiger partial charge in [0.2, 0.25) is 0 Å². The van der Waals surface area contributed by atoms with Crippen LogP contribution in [0.3, 0.4) is 0 Å². The van der Waals surface area contributed by atoms with Crippen molar-refractivity contribution in [3.05, 3.63) is 99.0 Å². The topological polar surface area (TPSA) is 53.3 Å². The number of hydrogen-bond acceptors (Lipinski definition) is 3. The van der Waals surface area contributed by atoms with E-state index in [2.05, 4.69) is 22.0 Å². The van der Waals surface area contributed by atoms with E-state index in [1.165, 1.54) is 0 Å². The molecule has 4 rings (SSSR count). The van der Waals surface area contributed by atoms with E-state index in [4.69, 9.17) is 16.3 Å². The first kappa shape index (κ1) is 19.5. The van der Waals surface area contributed by atoms with Crippen molar-refractivity contribution in [3.63, 3.8) is 0 Å². The number of carbonyl (C=O) groups is 1. The molecule has 0 spiro atoms. The fraction of sp³-hybridized carbons (Fsp3) is 0.130. The second kappa shape index (κ2) is 8.28. The van der Waals surface area contributed by atoms with Gasteiger partial charge in [0.05, 0.1) is 16.6 Å². The number of halogens is 2. The van der Waals surface area contributed by atoms with E-state index in [1.54, 1.807) is 23.1 Å². The Labute approximate surface area is 182 Å². The number of nitriles is 1. The molecule has 3 aromatic rings. The van der Waals surface area contributed by atoms with Gasteiger partial charge in [0.1, 0.15) is 12.2 Å². The summed E-state index contributed by atoms with van der Waals surface area (Å²) in [5, 5.41) is 9.68. The third-order valence-electron chi connectivity index (χ3n) is 4.96. The predicted octanol–water partition coefficient (Wildman–Crippen LogP) is 6.80. The largest absolute Gasteiger partial charge is 0.441 e. The lowest BCUT2D eigenvalue weighted by molar-refractivity contribution is 0.0711. The Bertz CT molecular complexity index is 1080. The van der Waals surface area contributed by atoms with Crippen molar-refractivity contribution >= 4 is 39.3 Å². The Morgan fingerprint density at radius 2 is 1.76 bits per heavy atom. The van der Waals surface area contributed by atoms with Crippen LogP contribution < -0.4 is 4.90 Å². The summed E-state index contributed by atoms with van der Waals surface area (Å²) in [7, 11) is 0. The van der Waals surface area contributed by atoms with Gasteiger partial charge in [-0.1, -0.05) is 70.0 Å². The highest BCUT2D eigenvalue weighted by Crippen LogP contribution is 2.42. The van der Waals surface area contributed by atoms with Gasteiger partial charge < -0.3 is 4.74 Å². The zero-order chi connectivity index (χ0) is 20.4. The highest BCUT2D eigenvalue weighted by atomic mass is 79.9. The van der Waals surface area contributed by atoms with Crippen molar-refractivity contribution in [1.82, 2.24) is 0 Å². The lowest BCUT2D eigenvalue weighted by atomic mass is 9.93. The van der Waals surface area contributed by atoms with Crippen LogP contribution in [-0.2, 0) is 4.74 Å². The van der Waals surface area contributed by atoms with Crippen molar-refractivity contribution in [2.75, 3.05) is 4.90 Å². The maximum Gasteiger partial charge on any atom is 0.415 e. The second-order valence-corrected chi connectivity index (χ2v) is 8.05. The number of nitrogens with zero attached hydrogens (tertiary/aromatic N) is 2. The van der Waals surface area contributed by atoms with Crippen LogP contribution in [0, 0.1) is 11.3 Å². The van der Waals surface area contributed by atoms with Crippen molar-refractivity contribution in [3.8, 4) is 6.07 Å². The predicted molar refractivity (Wildman–Crippen MR) is 116 cm³/mol. The molecule has 1 heterocycles. The summed E-state index contributed by atoms with van der Waals surface area (Å²) in [6.07, 6.45) is -0.230. The number of anilines is 1. The van der Waals surface area contributed by atoms with Gasteiger partial charge in [0.25, 0.3) is 0 Å². The molecule has 1 fully saturated rings. The number of ether oxygens (including phenoxy) is 1. The van der Waals surface area contributed by atoms with Gasteiger partial charge in [0.15, 0.2) is 0 Å². The van der Waals surface area contributed by atoms with Crippen LogP contribution in [0.5, 0.6) is 0 Å². The summed E-state index contributed by atoms with van der Waals surface area (Å²) in [5.74, 6) is 0. The molecule has 1 saturated heterocycles. The van der Waals surface area contributed by atoms with E-state index in [0.29, 0.717) is 22.7 Å². The molecule has 0 aliphatic carbocycles. The molecule has 4 nitrogen and oxygen atoms in total. The molecule has 3 aromatic carbocycles. The first-order valence-electron chi connectivity index (χ1n) is 9.06. The fourth-order valence-electron chi connectivity index (χ4n) is 3.54. The van der Waals surface area contributed by atoms with Gasteiger partial charge in [-0.2, -0.15) is 5.26 Å². The standard InChI is InChI=1S/C23H16BrClN2O2/c24-18-8-6-16(7-9-18)22-13-21(15-4-2-1-3-5-15)27(23(28)29-22)19-10-11-20(25)17(12-19)14-26/h1-12,21-22H,13H2. The molecule has 1 amide bonds. The van der Waals surface area contributed by atoms with Crippen LogP contribution in [0.15, 0.2) is 77.3 Å². The van der Waals surface area contributed by atoms with Crippen molar-refractivity contribution in [1.29, 1.82) is 5.26 Å². The number of rotatable bonds is 3. The Morgan fingerprint density at radius 1 is 1.03 bits per heavy atom. The summed E-state index contributed by atoms with van der Waals surface area (Å²) in [4.78, 5) is 14.7. The lowest BCUT2D eigenvalue weighted by Crippen LogP contribution is -2.41. The Kier molecular flexibility index (Phi) is 5.57. The average molecular weight is 468 g/mol. The zero-order valence-electron chi connectivity index (χ0n) is 15.3. The van der Waals surface area contributed by atoms with Gasteiger partial charge in [0, 0.05) is 16.6 Å². The molecule has 144 valence electrons. The second-order valence-electron chi connectivity index (χ2n) is 6.73. The van der Waals surface area contributed by atoms with Crippen LogP contribution in [-0.4, -0.2) is 6.09 Å². The Balaban J connectivity index is 1.75. The van der Waals surface area contributed by atoms with Crippen LogP contribution in [0.1, 0.15) is 35.3 Å². The van der Waals surface area contributed by atoms with Gasteiger partial charge in [-0.15, -0.1) is 0 Å². The Morgan fingerprint density at radius 3 is 2.45 bits per heavy atom. The third kappa shape index (κ3) is 4.00. The quantitative estimate of drug-likeness (QED) is 0.425. The minimum Gasteiger partial charge on any atom is -0.441 e. The molecule has 2 atom stereocenters. The van der Waals surface area contributed by atoms with E-state index in [-0.39, 0.29) is 12.1 Å². The normalized spacial score (nSPS) is 18.8. The number of hydrogen-bond donors (Lipinski definition) is 0. The van der Waals surface area contributed by atoms with Crippen LogP contribution in [0.25, 0.3) is 0 Å². The van der Waals surface area contributed by atoms with Crippen LogP contribution in [0.4, 0.5) is 10.5 Å². The summed E-state index contributed by atoms with van der Waals surface area (Å²) in [5.41, 5.74) is 2.84. The monoisotopic (exact) mass is 466 g/mol. The highest BCUT2D eigenvalue weighted by molar-refractivity contribution is 9.10. The third-order valence-corrected chi connectivity index (χ3v) is 5.82. The summed E-state index contributed by atoms with van der Waals surface area (Å²) in [6.45, 7) is 0. The van der Waals surface area contributed by atoms with Crippen molar-refractivity contribution < 1.29 is 9.53 Å². The summed E-state index contributed by atoms with van der Waals surface area (Å²) >= 11 is 9.52. The van der Waals surface area contributed by atoms with Gasteiger partial charge >= 0.3 is 6.09 Å². The molecule has 0 aromatic heterocycles. The first-order chi connectivity index (χ1) is 14.1. The maximum atomic E-state index is 13.1. The number of cyclic esters (lactones) is 1. The van der Waals surface area contributed by atoms with E-state index < -0.39 is 6.09 Å².